The summed E-state index contributed by atoms with van der Waals surface area (Å²) < 4.78 is 9.96. The molecule has 30 heavy (non-hydrogen) atoms. The Morgan fingerprint density at radius 1 is 1.07 bits per heavy atom. The number of phenolic OH excluding ortho intramolecular Hbond substituents is 1. The molecule has 8 nitrogen and oxygen atoms in total. The van der Waals surface area contributed by atoms with Gasteiger partial charge in [0, 0.05) is 12.1 Å². The van der Waals surface area contributed by atoms with Gasteiger partial charge in [-0.2, -0.15) is 0 Å². The number of amides is 2. The van der Waals surface area contributed by atoms with E-state index in [1.54, 1.807) is 20.8 Å². The van der Waals surface area contributed by atoms with E-state index in [4.69, 9.17) is 9.47 Å². The summed E-state index contributed by atoms with van der Waals surface area (Å²) in [6.45, 7) is 5.17. The zero-order valence-electron chi connectivity index (χ0n) is 17.4. The summed E-state index contributed by atoms with van der Waals surface area (Å²) in [7, 11) is 1.23. The number of rotatable bonds is 6. The summed E-state index contributed by atoms with van der Waals surface area (Å²) in [5, 5.41) is 15.2. The van der Waals surface area contributed by atoms with Crippen LogP contribution in [0, 0.1) is 0 Å². The number of nitrogens with one attached hydrogen (secondary N) is 2. The lowest BCUT2D eigenvalue weighted by Crippen LogP contribution is -2.43. The van der Waals surface area contributed by atoms with Crippen molar-refractivity contribution >= 4 is 23.7 Å². The summed E-state index contributed by atoms with van der Waals surface area (Å²) >= 11 is 0. The van der Waals surface area contributed by atoms with E-state index in [1.807, 2.05) is 30.3 Å². The van der Waals surface area contributed by atoms with Crippen LogP contribution in [-0.2, 0) is 20.7 Å². The first kappa shape index (κ1) is 22.7. The number of phenols is 1. The molecule has 0 radical (unpaired) electrons. The fraction of sp³-hybridized carbons (Fsp3) is 0.318. The van der Waals surface area contributed by atoms with Crippen LogP contribution < -0.4 is 10.6 Å². The van der Waals surface area contributed by atoms with Crippen molar-refractivity contribution in [1.29, 1.82) is 0 Å². The molecule has 2 rings (SSSR count). The molecule has 0 aliphatic rings. The van der Waals surface area contributed by atoms with E-state index < -0.39 is 29.6 Å². The SMILES string of the molecule is COC(=O)[C@H](Cc1ccccc1)NC(=O)c1cc(NC(=O)OC(C)(C)C)ccc1O. The fourth-order valence-corrected chi connectivity index (χ4v) is 2.64. The van der Waals surface area contributed by atoms with E-state index in [0.717, 1.165) is 5.56 Å². The molecule has 0 unspecified atom stereocenters. The molecule has 3 N–H and O–H groups in total. The van der Waals surface area contributed by atoms with Crippen molar-refractivity contribution in [2.24, 2.45) is 0 Å². The van der Waals surface area contributed by atoms with E-state index in [1.165, 1.54) is 25.3 Å². The number of esters is 1. The molecule has 2 aromatic carbocycles. The number of hydrogen-bond donors (Lipinski definition) is 3. The molecular formula is C22H26N2O6. The van der Waals surface area contributed by atoms with Gasteiger partial charge < -0.3 is 19.9 Å². The van der Waals surface area contributed by atoms with Gasteiger partial charge in [-0.25, -0.2) is 9.59 Å². The van der Waals surface area contributed by atoms with Gasteiger partial charge in [-0.1, -0.05) is 30.3 Å². The number of ether oxygens (including phenoxy) is 2. The minimum Gasteiger partial charge on any atom is -0.507 e. The van der Waals surface area contributed by atoms with Crippen LogP contribution in [0.3, 0.4) is 0 Å². The third-order valence-electron chi connectivity index (χ3n) is 3.96. The molecule has 8 heteroatoms. The van der Waals surface area contributed by atoms with Crippen molar-refractivity contribution in [3.05, 3.63) is 59.7 Å². The van der Waals surface area contributed by atoms with Crippen molar-refractivity contribution in [2.75, 3.05) is 12.4 Å². The first-order valence-corrected chi connectivity index (χ1v) is 9.34. The number of carbonyl (C=O) groups is 3. The molecule has 0 aromatic heterocycles. The standard InChI is InChI=1S/C22H26N2O6/c1-22(2,3)30-21(28)23-15-10-11-18(25)16(13-15)19(26)24-17(20(27)29-4)12-14-8-6-5-7-9-14/h5-11,13,17,25H,12H2,1-4H3,(H,23,28)(H,24,26)/t17-/m0/s1. The molecule has 0 spiro atoms. The monoisotopic (exact) mass is 414 g/mol. The summed E-state index contributed by atoms with van der Waals surface area (Å²) in [4.78, 5) is 36.8. The second kappa shape index (κ2) is 9.78. The molecule has 1 atom stereocenters. The number of methoxy groups -OCH3 is 1. The van der Waals surface area contributed by atoms with Crippen LogP contribution in [-0.4, -0.2) is 41.8 Å². The topological polar surface area (TPSA) is 114 Å². The van der Waals surface area contributed by atoms with Gasteiger partial charge in [0.1, 0.15) is 17.4 Å². The molecule has 0 aliphatic heterocycles. The van der Waals surface area contributed by atoms with Gasteiger partial charge in [0.15, 0.2) is 0 Å². The Kier molecular flexibility index (Phi) is 7.41. The maximum atomic E-state index is 12.7. The smallest absolute Gasteiger partial charge is 0.412 e. The molecule has 0 saturated carbocycles. The maximum Gasteiger partial charge on any atom is 0.412 e. The molecule has 0 aliphatic carbocycles. The summed E-state index contributed by atoms with van der Waals surface area (Å²) in [6, 6.07) is 12.2. The zero-order valence-corrected chi connectivity index (χ0v) is 17.4. The zero-order chi connectivity index (χ0) is 22.3. The Morgan fingerprint density at radius 3 is 2.33 bits per heavy atom. The lowest BCUT2D eigenvalue weighted by Gasteiger charge is -2.20. The molecule has 2 amide bonds. The van der Waals surface area contributed by atoms with Gasteiger partial charge in [0.05, 0.1) is 12.7 Å². The predicted octanol–water partition coefficient (Wildman–Crippen LogP) is 3.25. The quantitative estimate of drug-likeness (QED) is 0.494. The lowest BCUT2D eigenvalue weighted by atomic mass is 10.1. The largest absolute Gasteiger partial charge is 0.507 e. The molecule has 2 aromatic rings. The van der Waals surface area contributed by atoms with E-state index in [9.17, 15) is 19.5 Å². The minimum absolute atomic E-state index is 0.106. The van der Waals surface area contributed by atoms with Gasteiger partial charge in [-0.3, -0.25) is 10.1 Å². The third-order valence-corrected chi connectivity index (χ3v) is 3.96. The molecule has 0 saturated heterocycles. The molecular weight excluding hydrogens is 388 g/mol. The number of carbonyl (C=O) groups excluding carboxylic acids is 3. The first-order valence-electron chi connectivity index (χ1n) is 9.34. The second-order valence-electron chi connectivity index (χ2n) is 7.60. The summed E-state index contributed by atoms with van der Waals surface area (Å²) in [6.07, 6.45) is -0.480. The van der Waals surface area contributed by atoms with Crippen molar-refractivity contribution < 1.29 is 29.0 Å². The van der Waals surface area contributed by atoms with Gasteiger partial charge in [-0.15, -0.1) is 0 Å². The average Bonchev–Trinajstić information content (AvgIpc) is 2.67. The van der Waals surface area contributed by atoms with Gasteiger partial charge >= 0.3 is 12.1 Å². The number of anilines is 1. The third kappa shape index (κ3) is 6.80. The average molecular weight is 414 g/mol. The number of hydrogen-bond acceptors (Lipinski definition) is 6. The van der Waals surface area contributed by atoms with Gasteiger partial charge in [0.2, 0.25) is 0 Å². The van der Waals surface area contributed by atoms with Crippen LogP contribution in [0.25, 0.3) is 0 Å². The number of benzene rings is 2. The first-order chi connectivity index (χ1) is 14.1. The Labute approximate surface area is 175 Å². The van der Waals surface area contributed by atoms with Crippen LogP contribution in [0.1, 0.15) is 36.7 Å². The number of aromatic hydroxyl groups is 1. The highest BCUT2D eigenvalue weighted by atomic mass is 16.6. The van der Waals surface area contributed by atoms with Crippen molar-refractivity contribution in [1.82, 2.24) is 5.32 Å². The molecule has 0 fully saturated rings. The van der Waals surface area contributed by atoms with E-state index in [-0.39, 0.29) is 23.4 Å². The Hall–Kier alpha value is -3.55. The highest BCUT2D eigenvalue weighted by Crippen LogP contribution is 2.22. The normalized spacial score (nSPS) is 11.9. The predicted molar refractivity (Wildman–Crippen MR) is 111 cm³/mol. The van der Waals surface area contributed by atoms with Crippen LogP contribution in [0.5, 0.6) is 5.75 Å². The van der Waals surface area contributed by atoms with Crippen molar-refractivity contribution in [3.8, 4) is 5.75 Å². The van der Waals surface area contributed by atoms with E-state index in [0.29, 0.717) is 0 Å². The second-order valence-corrected chi connectivity index (χ2v) is 7.60. The summed E-state index contributed by atoms with van der Waals surface area (Å²) in [5.74, 6) is -1.60. The van der Waals surface area contributed by atoms with Gasteiger partial charge in [-0.05, 0) is 44.5 Å². The van der Waals surface area contributed by atoms with Crippen LogP contribution in [0.15, 0.2) is 48.5 Å². The van der Waals surface area contributed by atoms with Gasteiger partial charge in [0.25, 0.3) is 5.91 Å². The van der Waals surface area contributed by atoms with Crippen molar-refractivity contribution in [2.45, 2.75) is 38.8 Å². The Bertz CT molecular complexity index is 906. The van der Waals surface area contributed by atoms with E-state index >= 15 is 0 Å². The van der Waals surface area contributed by atoms with Crippen molar-refractivity contribution in [3.63, 3.8) is 0 Å². The van der Waals surface area contributed by atoms with Crippen LogP contribution in [0.4, 0.5) is 10.5 Å². The van der Waals surface area contributed by atoms with Crippen LogP contribution in [0.2, 0.25) is 0 Å². The molecule has 0 bridgehead atoms. The molecule has 0 heterocycles. The highest BCUT2D eigenvalue weighted by Gasteiger charge is 2.24. The van der Waals surface area contributed by atoms with E-state index in [2.05, 4.69) is 10.6 Å². The lowest BCUT2D eigenvalue weighted by molar-refractivity contribution is -0.142. The summed E-state index contributed by atoms with van der Waals surface area (Å²) in [5.41, 5.74) is 0.292. The molecule has 160 valence electrons. The Balaban J connectivity index is 2.17. The maximum absolute atomic E-state index is 12.7. The Morgan fingerprint density at radius 2 is 1.73 bits per heavy atom. The van der Waals surface area contributed by atoms with Crippen LogP contribution >= 0.6 is 0 Å². The fourth-order valence-electron chi connectivity index (χ4n) is 2.64. The highest BCUT2D eigenvalue weighted by molar-refractivity contribution is 6.00. The minimum atomic E-state index is -0.952.